The molecule has 10 aromatic rings. The third-order valence-electron chi connectivity index (χ3n) is 10.3. The normalized spacial score (nSPS) is 11.3. The van der Waals surface area contributed by atoms with Gasteiger partial charge in [-0.05, 0) is 87.0 Å². The minimum Gasteiger partial charge on any atom is -0.228 e. The minimum atomic E-state index is 0.693. The van der Waals surface area contributed by atoms with Gasteiger partial charge in [-0.15, -0.1) is 11.3 Å². The molecule has 0 N–H and O–H groups in total. The first-order chi connectivity index (χ1) is 27.2. The Kier molecular flexibility index (Phi) is 8.40. The molecule has 0 spiro atoms. The van der Waals surface area contributed by atoms with Crippen molar-refractivity contribution in [1.82, 2.24) is 9.97 Å². The van der Waals surface area contributed by atoms with E-state index in [4.69, 9.17) is 9.97 Å². The Morgan fingerprint density at radius 2 is 0.764 bits per heavy atom. The number of aromatic nitrogens is 2. The summed E-state index contributed by atoms with van der Waals surface area (Å²) < 4.78 is 2.60. The zero-order valence-electron chi connectivity index (χ0n) is 29.9. The molecule has 0 fully saturated rings. The van der Waals surface area contributed by atoms with Crippen molar-refractivity contribution < 1.29 is 0 Å². The summed E-state index contributed by atoms with van der Waals surface area (Å²) >= 11 is 1.85. The van der Waals surface area contributed by atoms with Crippen molar-refractivity contribution in [2.75, 3.05) is 0 Å². The smallest absolute Gasteiger partial charge is 0.160 e. The van der Waals surface area contributed by atoms with Crippen LogP contribution >= 0.6 is 11.3 Å². The lowest BCUT2D eigenvalue weighted by Gasteiger charge is -2.15. The highest BCUT2D eigenvalue weighted by molar-refractivity contribution is 7.25. The van der Waals surface area contributed by atoms with Crippen LogP contribution in [0.2, 0.25) is 0 Å². The first-order valence-corrected chi connectivity index (χ1v) is 19.4. The molecule has 0 radical (unpaired) electrons. The van der Waals surface area contributed by atoms with Crippen LogP contribution in [0.3, 0.4) is 0 Å². The molecule has 55 heavy (non-hydrogen) atoms. The van der Waals surface area contributed by atoms with Gasteiger partial charge in [-0.1, -0.05) is 164 Å². The molecule has 0 bridgehead atoms. The van der Waals surface area contributed by atoms with Crippen LogP contribution < -0.4 is 0 Å². The van der Waals surface area contributed by atoms with Gasteiger partial charge in [0.1, 0.15) is 0 Å². The van der Waals surface area contributed by atoms with Crippen molar-refractivity contribution >= 4 is 31.5 Å². The summed E-state index contributed by atoms with van der Waals surface area (Å²) in [5, 5.41) is 2.57. The maximum absolute atomic E-state index is 5.33. The van der Waals surface area contributed by atoms with Gasteiger partial charge < -0.3 is 0 Å². The molecule has 0 aliphatic carbocycles. The fraction of sp³-hybridized carbons (Fsp3) is 0. The minimum absolute atomic E-state index is 0.693. The van der Waals surface area contributed by atoms with Crippen molar-refractivity contribution in [2.24, 2.45) is 0 Å². The molecule has 0 aliphatic heterocycles. The summed E-state index contributed by atoms with van der Waals surface area (Å²) in [5.41, 5.74) is 14.2. The summed E-state index contributed by atoms with van der Waals surface area (Å²) in [5.74, 6) is 0.693. The average molecular weight is 719 g/mol. The van der Waals surface area contributed by atoms with E-state index in [0.717, 1.165) is 44.8 Å². The van der Waals surface area contributed by atoms with Crippen LogP contribution in [0.5, 0.6) is 0 Å². The summed E-state index contributed by atoms with van der Waals surface area (Å²) in [6.45, 7) is 0. The topological polar surface area (TPSA) is 25.8 Å². The third kappa shape index (κ3) is 6.41. The standard InChI is InChI=1S/C52H34N2S/c1-4-14-35(15-5-1)36-24-26-39(27-25-36)52-53-48(38-18-8-3-9-19-38)34-49(54-52)43-31-41(40-28-29-51-47(33-40)46-22-12-13-23-50(46)55-51)30-42(32-43)45-21-11-10-20-44(45)37-16-6-2-7-17-37/h1-34H. The summed E-state index contributed by atoms with van der Waals surface area (Å²) in [7, 11) is 0. The van der Waals surface area contributed by atoms with E-state index in [9.17, 15) is 0 Å². The molecule has 0 aliphatic rings. The van der Waals surface area contributed by atoms with Gasteiger partial charge in [0, 0.05) is 36.9 Å². The maximum atomic E-state index is 5.33. The fourth-order valence-electron chi connectivity index (χ4n) is 7.53. The van der Waals surface area contributed by atoms with Gasteiger partial charge in [0.05, 0.1) is 11.4 Å². The summed E-state index contributed by atoms with van der Waals surface area (Å²) in [6.07, 6.45) is 0. The monoisotopic (exact) mass is 718 g/mol. The maximum Gasteiger partial charge on any atom is 0.160 e. The molecule has 10 rings (SSSR count). The molecule has 2 heterocycles. The highest BCUT2D eigenvalue weighted by Crippen LogP contribution is 2.41. The van der Waals surface area contributed by atoms with Gasteiger partial charge in [0.15, 0.2) is 5.82 Å². The average Bonchev–Trinajstić information content (AvgIpc) is 3.65. The first kappa shape index (κ1) is 32.7. The Balaban J connectivity index is 1.18. The van der Waals surface area contributed by atoms with E-state index in [-0.39, 0.29) is 0 Å². The molecule has 0 unspecified atom stereocenters. The van der Waals surface area contributed by atoms with Crippen LogP contribution in [0.4, 0.5) is 0 Å². The van der Waals surface area contributed by atoms with E-state index in [0.29, 0.717) is 5.82 Å². The summed E-state index contributed by atoms with van der Waals surface area (Å²) in [4.78, 5) is 10.5. The Bertz CT molecular complexity index is 2950. The van der Waals surface area contributed by atoms with E-state index in [1.54, 1.807) is 0 Å². The Morgan fingerprint density at radius 3 is 1.49 bits per heavy atom. The van der Waals surface area contributed by atoms with Crippen molar-refractivity contribution in [3.63, 3.8) is 0 Å². The number of hydrogen-bond donors (Lipinski definition) is 0. The highest BCUT2D eigenvalue weighted by atomic mass is 32.1. The highest BCUT2D eigenvalue weighted by Gasteiger charge is 2.16. The predicted molar refractivity (Wildman–Crippen MR) is 233 cm³/mol. The number of nitrogens with zero attached hydrogens (tertiary/aromatic N) is 2. The van der Waals surface area contributed by atoms with Crippen molar-refractivity contribution in [2.45, 2.75) is 0 Å². The van der Waals surface area contributed by atoms with Crippen LogP contribution in [0, 0.1) is 0 Å². The van der Waals surface area contributed by atoms with Gasteiger partial charge in [-0.2, -0.15) is 0 Å². The van der Waals surface area contributed by atoms with Crippen LogP contribution in [0.25, 0.3) is 98.6 Å². The van der Waals surface area contributed by atoms with Crippen molar-refractivity contribution in [3.8, 4) is 78.4 Å². The van der Waals surface area contributed by atoms with E-state index in [1.165, 1.54) is 48.0 Å². The first-order valence-electron chi connectivity index (χ1n) is 18.6. The molecule has 258 valence electrons. The third-order valence-corrected chi connectivity index (χ3v) is 11.5. The molecule has 0 amide bonds. The predicted octanol–water partition coefficient (Wildman–Crippen LogP) is 14.5. The Morgan fingerprint density at radius 1 is 0.273 bits per heavy atom. The van der Waals surface area contributed by atoms with Gasteiger partial charge in [-0.25, -0.2) is 9.97 Å². The Hall–Kier alpha value is -6.94. The van der Waals surface area contributed by atoms with Crippen LogP contribution in [0.1, 0.15) is 0 Å². The van der Waals surface area contributed by atoms with E-state index in [2.05, 4.69) is 194 Å². The van der Waals surface area contributed by atoms with Crippen LogP contribution in [-0.2, 0) is 0 Å². The molecule has 3 heteroatoms. The van der Waals surface area contributed by atoms with E-state index in [1.807, 2.05) is 23.5 Å². The number of thiophene rings is 1. The molecule has 0 atom stereocenters. The molecular formula is C52H34N2S. The quantitative estimate of drug-likeness (QED) is 0.164. The van der Waals surface area contributed by atoms with Crippen molar-refractivity contribution in [3.05, 3.63) is 206 Å². The van der Waals surface area contributed by atoms with Gasteiger partial charge in [-0.3, -0.25) is 0 Å². The van der Waals surface area contributed by atoms with Gasteiger partial charge in [0.2, 0.25) is 0 Å². The second kappa shape index (κ2) is 14.1. The molecule has 2 nitrogen and oxygen atoms in total. The van der Waals surface area contributed by atoms with E-state index >= 15 is 0 Å². The molecule has 0 saturated heterocycles. The SMILES string of the molecule is c1ccc(-c2ccc(-c3nc(-c4ccccc4)cc(-c4cc(-c5ccc6sc7ccccc7c6c5)cc(-c5ccccc5-c5ccccc5)c4)n3)cc2)cc1. The lowest BCUT2D eigenvalue weighted by Crippen LogP contribution is -1.97. The zero-order chi connectivity index (χ0) is 36.6. The number of benzene rings is 8. The number of hydrogen-bond acceptors (Lipinski definition) is 3. The number of rotatable bonds is 7. The molecular weight excluding hydrogens is 685 g/mol. The van der Waals surface area contributed by atoms with Crippen LogP contribution in [0.15, 0.2) is 206 Å². The van der Waals surface area contributed by atoms with Crippen LogP contribution in [-0.4, -0.2) is 9.97 Å². The molecule has 0 saturated carbocycles. The molecule has 2 aromatic heterocycles. The Labute approximate surface area is 324 Å². The van der Waals surface area contributed by atoms with Crippen molar-refractivity contribution in [1.29, 1.82) is 0 Å². The molecule has 8 aromatic carbocycles. The second-order valence-electron chi connectivity index (χ2n) is 13.8. The number of fused-ring (bicyclic) bond motifs is 3. The lowest BCUT2D eigenvalue weighted by molar-refractivity contribution is 1.18. The van der Waals surface area contributed by atoms with E-state index < -0.39 is 0 Å². The zero-order valence-corrected chi connectivity index (χ0v) is 30.7. The second-order valence-corrected chi connectivity index (χ2v) is 14.9. The largest absolute Gasteiger partial charge is 0.228 e. The lowest BCUT2D eigenvalue weighted by atomic mass is 9.90. The summed E-state index contributed by atoms with van der Waals surface area (Å²) in [6, 6.07) is 73.5. The fourth-order valence-corrected chi connectivity index (χ4v) is 8.62. The van der Waals surface area contributed by atoms with Gasteiger partial charge in [0.25, 0.3) is 0 Å². The van der Waals surface area contributed by atoms with Gasteiger partial charge >= 0.3 is 0 Å².